The number of carbonyl (C=O) groups excluding carboxylic acids is 1. The molecule has 0 spiro atoms. The van der Waals surface area contributed by atoms with Crippen molar-refractivity contribution in [3.8, 4) is 0 Å². The summed E-state index contributed by atoms with van der Waals surface area (Å²) >= 11 is 5.89. The molecule has 1 atom stereocenters. The van der Waals surface area contributed by atoms with Crippen molar-refractivity contribution in [3.63, 3.8) is 0 Å². The lowest BCUT2D eigenvalue weighted by molar-refractivity contribution is 0.0938. The van der Waals surface area contributed by atoms with Crippen molar-refractivity contribution in [2.24, 2.45) is 0 Å². The molecule has 0 saturated heterocycles. The number of nitrogens with one attached hydrogen (secondary N) is 1. The van der Waals surface area contributed by atoms with Crippen molar-refractivity contribution in [1.82, 2.24) is 5.32 Å². The Morgan fingerprint density at radius 1 is 1.21 bits per heavy atom. The molecule has 2 aromatic carbocycles. The molecular formula is C21H25ClN2O3S. The highest BCUT2D eigenvalue weighted by Crippen LogP contribution is 2.33. The molecule has 0 radical (unpaired) electrons. The van der Waals surface area contributed by atoms with Gasteiger partial charge in [-0.2, -0.15) is 0 Å². The molecule has 1 amide bonds. The third kappa shape index (κ3) is 4.33. The molecule has 0 aromatic heterocycles. The van der Waals surface area contributed by atoms with E-state index in [9.17, 15) is 13.2 Å². The first-order valence-electron chi connectivity index (χ1n) is 9.55. The van der Waals surface area contributed by atoms with Crippen LogP contribution >= 0.6 is 11.6 Å². The van der Waals surface area contributed by atoms with Crippen LogP contribution in [0, 0.1) is 0 Å². The van der Waals surface area contributed by atoms with Gasteiger partial charge in [0.15, 0.2) is 0 Å². The van der Waals surface area contributed by atoms with Gasteiger partial charge in [-0.25, -0.2) is 8.42 Å². The van der Waals surface area contributed by atoms with Gasteiger partial charge >= 0.3 is 0 Å². The van der Waals surface area contributed by atoms with Crippen LogP contribution in [0.2, 0.25) is 5.02 Å². The molecule has 1 heterocycles. The molecule has 0 fully saturated rings. The summed E-state index contributed by atoms with van der Waals surface area (Å²) in [6.45, 7) is 4.48. The molecule has 1 unspecified atom stereocenters. The summed E-state index contributed by atoms with van der Waals surface area (Å²) in [6.07, 6.45) is 3.37. The van der Waals surface area contributed by atoms with E-state index in [1.165, 1.54) is 16.4 Å². The minimum atomic E-state index is -3.68. The maximum Gasteiger partial charge on any atom is 0.264 e. The summed E-state index contributed by atoms with van der Waals surface area (Å²) in [6, 6.07) is 11.5. The summed E-state index contributed by atoms with van der Waals surface area (Å²) < 4.78 is 27.6. The van der Waals surface area contributed by atoms with Crippen LogP contribution in [0.5, 0.6) is 0 Å². The highest BCUT2D eigenvalue weighted by molar-refractivity contribution is 7.92. The van der Waals surface area contributed by atoms with Gasteiger partial charge in [0.1, 0.15) is 0 Å². The van der Waals surface area contributed by atoms with E-state index in [0.29, 0.717) is 29.2 Å². The minimum absolute atomic E-state index is 0.107. The summed E-state index contributed by atoms with van der Waals surface area (Å²) in [5.41, 5.74) is 2.08. The Bertz CT molecular complexity index is 958. The fraction of sp³-hybridized carbons (Fsp3) is 0.381. The minimum Gasteiger partial charge on any atom is -0.350 e. The van der Waals surface area contributed by atoms with E-state index < -0.39 is 10.0 Å². The van der Waals surface area contributed by atoms with Crippen molar-refractivity contribution < 1.29 is 13.2 Å². The Hall–Kier alpha value is -2.05. The van der Waals surface area contributed by atoms with Gasteiger partial charge in [-0.05, 0) is 74.2 Å². The Balaban J connectivity index is 1.88. The van der Waals surface area contributed by atoms with Crippen molar-refractivity contribution in [2.75, 3.05) is 10.8 Å². The molecule has 28 heavy (non-hydrogen) atoms. The quantitative estimate of drug-likeness (QED) is 0.753. The van der Waals surface area contributed by atoms with Crippen molar-refractivity contribution in [1.29, 1.82) is 0 Å². The van der Waals surface area contributed by atoms with E-state index in [1.54, 1.807) is 24.3 Å². The highest BCUT2D eigenvalue weighted by Gasteiger charge is 2.29. The number of amides is 1. The van der Waals surface area contributed by atoms with Crippen LogP contribution in [0.3, 0.4) is 0 Å². The normalized spacial score (nSPS) is 15.0. The lowest BCUT2D eigenvalue weighted by Crippen LogP contribution is -2.36. The third-order valence-electron chi connectivity index (χ3n) is 4.92. The number of carbonyl (C=O) groups is 1. The van der Waals surface area contributed by atoms with Gasteiger partial charge in [0.2, 0.25) is 0 Å². The smallest absolute Gasteiger partial charge is 0.264 e. The topological polar surface area (TPSA) is 66.5 Å². The largest absolute Gasteiger partial charge is 0.350 e. The van der Waals surface area contributed by atoms with Crippen molar-refractivity contribution >= 4 is 33.2 Å². The monoisotopic (exact) mass is 420 g/mol. The molecule has 0 bridgehead atoms. The molecule has 0 saturated carbocycles. The molecule has 1 N–H and O–H groups in total. The zero-order chi connectivity index (χ0) is 20.3. The van der Waals surface area contributed by atoms with Crippen LogP contribution in [0.4, 0.5) is 5.69 Å². The number of hydrogen-bond acceptors (Lipinski definition) is 3. The Morgan fingerprint density at radius 2 is 1.93 bits per heavy atom. The van der Waals surface area contributed by atoms with Crippen LogP contribution in [0.1, 0.15) is 49.0 Å². The number of aryl methyl sites for hydroxylation is 1. The summed E-state index contributed by atoms with van der Waals surface area (Å²) in [5.74, 6) is -0.124. The highest BCUT2D eigenvalue weighted by atomic mass is 35.5. The lowest BCUT2D eigenvalue weighted by Gasteiger charge is -2.31. The van der Waals surface area contributed by atoms with Crippen LogP contribution in [-0.4, -0.2) is 26.9 Å². The first kappa shape index (κ1) is 20.7. The molecule has 2 aromatic rings. The van der Waals surface area contributed by atoms with Crippen LogP contribution < -0.4 is 9.62 Å². The van der Waals surface area contributed by atoms with Gasteiger partial charge in [0.05, 0.1) is 10.6 Å². The Labute approximate surface area is 171 Å². The maximum atomic E-state index is 13.1. The second-order valence-electron chi connectivity index (χ2n) is 7.14. The summed E-state index contributed by atoms with van der Waals surface area (Å²) in [4.78, 5) is 12.7. The molecule has 7 heteroatoms. The third-order valence-corrected chi connectivity index (χ3v) is 7.00. The van der Waals surface area contributed by atoms with Gasteiger partial charge in [-0.15, -0.1) is 0 Å². The fourth-order valence-corrected chi connectivity index (χ4v) is 5.17. The SMILES string of the molecule is CCCC(C)NC(=O)c1ccc2c(c1)CCCN2S(=O)(=O)c1ccc(Cl)cc1. The van der Waals surface area contributed by atoms with Gasteiger partial charge in [-0.3, -0.25) is 9.10 Å². The predicted molar refractivity (Wildman–Crippen MR) is 113 cm³/mol. The standard InChI is InChI=1S/C21H25ClN2O3S/c1-3-5-15(2)23-21(25)17-7-12-20-16(14-17)6-4-13-24(20)28(26,27)19-10-8-18(22)9-11-19/h7-12,14-15H,3-6,13H2,1-2H3,(H,23,25). The summed E-state index contributed by atoms with van der Waals surface area (Å²) in [5, 5.41) is 3.48. The van der Waals surface area contributed by atoms with E-state index in [1.807, 2.05) is 13.0 Å². The van der Waals surface area contributed by atoms with Gasteiger partial charge in [0, 0.05) is 23.2 Å². The number of nitrogens with zero attached hydrogens (tertiary/aromatic N) is 1. The Kier molecular flexibility index (Phi) is 6.30. The predicted octanol–water partition coefficient (Wildman–Crippen LogP) is 4.40. The molecule has 150 valence electrons. The number of fused-ring (bicyclic) bond motifs is 1. The molecule has 3 rings (SSSR count). The van der Waals surface area contributed by atoms with E-state index in [4.69, 9.17) is 11.6 Å². The average Bonchev–Trinajstić information content (AvgIpc) is 2.67. The number of halogens is 1. The first-order chi connectivity index (χ1) is 13.3. The number of anilines is 1. The van der Waals surface area contributed by atoms with Crippen LogP contribution in [0.15, 0.2) is 47.4 Å². The van der Waals surface area contributed by atoms with Crippen molar-refractivity contribution in [3.05, 3.63) is 58.6 Å². The molecular weight excluding hydrogens is 396 g/mol. The first-order valence-corrected chi connectivity index (χ1v) is 11.4. The van der Waals surface area contributed by atoms with Crippen LogP contribution in [0.25, 0.3) is 0 Å². The van der Waals surface area contributed by atoms with Crippen LogP contribution in [-0.2, 0) is 16.4 Å². The molecule has 0 aliphatic carbocycles. The molecule has 5 nitrogen and oxygen atoms in total. The van der Waals surface area contributed by atoms with E-state index >= 15 is 0 Å². The Morgan fingerprint density at radius 3 is 2.61 bits per heavy atom. The van der Waals surface area contributed by atoms with E-state index in [-0.39, 0.29) is 16.8 Å². The second-order valence-corrected chi connectivity index (χ2v) is 9.44. The number of hydrogen-bond donors (Lipinski definition) is 1. The maximum absolute atomic E-state index is 13.1. The average molecular weight is 421 g/mol. The lowest BCUT2D eigenvalue weighted by atomic mass is 10.0. The number of benzene rings is 2. The molecule has 1 aliphatic heterocycles. The van der Waals surface area contributed by atoms with Gasteiger partial charge in [0.25, 0.3) is 15.9 Å². The molecule has 1 aliphatic rings. The van der Waals surface area contributed by atoms with Crippen molar-refractivity contribution in [2.45, 2.75) is 50.5 Å². The fourth-order valence-electron chi connectivity index (χ4n) is 3.50. The van der Waals surface area contributed by atoms with E-state index in [0.717, 1.165) is 24.8 Å². The zero-order valence-electron chi connectivity index (χ0n) is 16.1. The summed E-state index contributed by atoms with van der Waals surface area (Å²) in [7, 11) is -3.68. The number of rotatable bonds is 6. The van der Waals surface area contributed by atoms with Gasteiger partial charge < -0.3 is 5.32 Å². The van der Waals surface area contributed by atoms with E-state index in [2.05, 4.69) is 12.2 Å². The second kappa shape index (κ2) is 8.53. The zero-order valence-corrected chi connectivity index (χ0v) is 17.7. The van der Waals surface area contributed by atoms with Gasteiger partial charge in [-0.1, -0.05) is 24.9 Å². The number of sulfonamides is 1.